The minimum atomic E-state index is -1.16. The highest BCUT2D eigenvalue weighted by Gasteiger charge is 2.18. The Labute approximate surface area is 113 Å². The first-order chi connectivity index (χ1) is 8.97. The minimum absolute atomic E-state index is 0.0136. The topological polar surface area (TPSA) is 108 Å². The van der Waals surface area contributed by atoms with E-state index in [9.17, 15) is 9.59 Å². The van der Waals surface area contributed by atoms with E-state index in [1.807, 2.05) is 0 Å². The average Bonchev–Trinajstić information content (AvgIpc) is 2.32. The zero-order valence-corrected chi connectivity index (χ0v) is 11.5. The highest BCUT2D eigenvalue weighted by atomic mass is 16.5. The third kappa shape index (κ3) is 10.3. The van der Waals surface area contributed by atoms with Gasteiger partial charge in [-0.15, -0.1) is 0 Å². The molecule has 0 bridgehead atoms. The van der Waals surface area contributed by atoms with E-state index in [1.165, 1.54) is 0 Å². The number of amides is 2. The van der Waals surface area contributed by atoms with Crippen molar-refractivity contribution in [3.8, 4) is 0 Å². The molecule has 0 aromatic rings. The van der Waals surface area contributed by atoms with E-state index >= 15 is 0 Å². The number of urea groups is 1. The molecule has 0 radical (unpaired) electrons. The second-order valence-corrected chi connectivity index (χ2v) is 4.63. The van der Waals surface area contributed by atoms with Crippen LogP contribution in [-0.4, -0.2) is 54.6 Å². The van der Waals surface area contributed by atoms with Crippen LogP contribution < -0.4 is 10.6 Å². The lowest BCUT2D eigenvalue weighted by atomic mass is 10.2. The van der Waals surface area contributed by atoms with Crippen LogP contribution in [0.2, 0.25) is 0 Å². The van der Waals surface area contributed by atoms with Gasteiger partial charge in [-0.1, -0.05) is 13.8 Å². The van der Waals surface area contributed by atoms with E-state index in [-0.39, 0.29) is 13.0 Å². The number of ether oxygens (including phenoxy) is 1. The Balaban J connectivity index is 3.65. The third-order valence-electron chi connectivity index (χ3n) is 2.22. The zero-order chi connectivity index (χ0) is 14.7. The van der Waals surface area contributed by atoms with E-state index < -0.39 is 18.0 Å². The molecular weight excluding hydrogens is 252 g/mol. The van der Waals surface area contributed by atoms with Crippen molar-refractivity contribution in [1.82, 2.24) is 10.6 Å². The van der Waals surface area contributed by atoms with Crippen LogP contribution in [0.25, 0.3) is 0 Å². The number of carbonyl (C=O) groups is 2. The fourth-order valence-corrected chi connectivity index (χ4v) is 1.29. The maximum Gasteiger partial charge on any atom is 0.326 e. The monoisotopic (exact) mass is 276 g/mol. The van der Waals surface area contributed by atoms with Gasteiger partial charge in [0.2, 0.25) is 0 Å². The van der Waals surface area contributed by atoms with Gasteiger partial charge in [-0.05, 0) is 12.3 Å². The zero-order valence-electron chi connectivity index (χ0n) is 11.5. The van der Waals surface area contributed by atoms with Gasteiger partial charge in [0.25, 0.3) is 0 Å². The molecule has 19 heavy (non-hydrogen) atoms. The Morgan fingerprint density at radius 1 is 1.32 bits per heavy atom. The number of aliphatic hydroxyl groups is 1. The van der Waals surface area contributed by atoms with Crippen molar-refractivity contribution in [3.63, 3.8) is 0 Å². The summed E-state index contributed by atoms with van der Waals surface area (Å²) in [5.74, 6) is -0.685. The lowest BCUT2D eigenvalue weighted by Crippen LogP contribution is -2.46. The highest BCUT2D eigenvalue weighted by molar-refractivity contribution is 5.82. The molecular formula is C12H24N2O5. The van der Waals surface area contributed by atoms with Gasteiger partial charge in [0.1, 0.15) is 6.04 Å². The largest absolute Gasteiger partial charge is 0.480 e. The molecule has 0 aliphatic rings. The maximum atomic E-state index is 11.4. The number of aliphatic carboxylic acids is 1. The second-order valence-electron chi connectivity index (χ2n) is 4.63. The van der Waals surface area contributed by atoms with Gasteiger partial charge in [0, 0.05) is 32.8 Å². The smallest absolute Gasteiger partial charge is 0.326 e. The maximum absolute atomic E-state index is 11.4. The second kappa shape index (κ2) is 10.6. The van der Waals surface area contributed by atoms with Crippen LogP contribution in [0.5, 0.6) is 0 Å². The van der Waals surface area contributed by atoms with Gasteiger partial charge >= 0.3 is 12.0 Å². The number of rotatable bonds is 10. The molecule has 0 saturated carbocycles. The van der Waals surface area contributed by atoms with Crippen LogP contribution in [0.4, 0.5) is 4.79 Å². The summed E-state index contributed by atoms with van der Waals surface area (Å²) in [6.45, 7) is 5.47. The summed E-state index contributed by atoms with van der Waals surface area (Å²) in [4.78, 5) is 22.1. The van der Waals surface area contributed by atoms with Gasteiger partial charge in [-0.25, -0.2) is 9.59 Å². The SMILES string of the molecule is CC(C)COCCCNC(=O)N[C@H](CCO)C(=O)O. The molecule has 2 amide bonds. The summed E-state index contributed by atoms with van der Waals surface area (Å²) < 4.78 is 5.34. The van der Waals surface area contributed by atoms with E-state index in [0.717, 1.165) is 0 Å². The third-order valence-corrected chi connectivity index (χ3v) is 2.22. The Morgan fingerprint density at radius 3 is 2.53 bits per heavy atom. The van der Waals surface area contributed by atoms with Crippen LogP contribution in [0.15, 0.2) is 0 Å². The number of carbonyl (C=O) groups excluding carboxylic acids is 1. The summed E-state index contributed by atoms with van der Waals surface area (Å²) in [6.07, 6.45) is 0.651. The molecule has 0 heterocycles. The molecule has 0 saturated heterocycles. The molecule has 112 valence electrons. The predicted octanol–water partition coefficient (Wildman–Crippen LogP) is 0.184. The molecule has 4 N–H and O–H groups in total. The molecule has 0 unspecified atom stereocenters. The van der Waals surface area contributed by atoms with Gasteiger partial charge in [0.15, 0.2) is 0 Å². The first-order valence-corrected chi connectivity index (χ1v) is 6.43. The molecule has 1 atom stereocenters. The fraction of sp³-hybridized carbons (Fsp3) is 0.833. The lowest BCUT2D eigenvalue weighted by molar-refractivity contribution is -0.139. The lowest BCUT2D eigenvalue weighted by Gasteiger charge is -2.14. The van der Waals surface area contributed by atoms with Crippen LogP contribution >= 0.6 is 0 Å². The molecule has 7 nitrogen and oxygen atoms in total. The van der Waals surface area contributed by atoms with Crippen molar-refractivity contribution in [3.05, 3.63) is 0 Å². The fourth-order valence-electron chi connectivity index (χ4n) is 1.29. The molecule has 0 aliphatic carbocycles. The summed E-state index contributed by atoms with van der Waals surface area (Å²) >= 11 is 0. The van der Waals surface area contributed by atoms with Crippen molar-refractivity contribution in [1.29, 1.82) is 0 Å². The minimum Gasteiger partial charge on any atom is -0.480 e. The Kier molecular flexibility index (Phi) is 9.82. The number of nitrogens with one attached hydrogen (secondary N) is 2. The summed E-state index contributed by atoms with van der Waals surface area (Å²) in [6, 6.07) is -1.62. The number of carboxylic acid groups (broad SMARTS) is 1. The van der Waals surface area contributed by atoms with Gasteiger partial charge in [-0.2, -0.15) is 0 Å². The molecule has 0 aromatic heterocycles. The Bertz CT molecular complexity index is 271. The highest BCUT2D eigenvalue weighted by Crippen LogP contribution is 1.93. The first-order valence-electron chi connectivity index (χ1n) is 6.43. The van der Waals surface area contributed by atoms with E-state index in [1.54, 1.807) is 0 Å². The quantitative estimate of drug-likeness (QED) is 0.426. The van der Waals surface area contributed by atoms with Gasteiger partial charge < -0.3 is 25.6 Å². The number of aliphatic hydroxyl groups excluding tert-OH is 1. The molecule has 0 spiro atoms. The first kappa shape index (κ1) is 17.7. The summed E-state index contributed by atoms with van der Waals surface area (Å²) in [5, 5.41) is 22.3. The predicted molar refractivity (Wildman–Crippen MR) is 69.9 cm³/mol. The Hall–Kier alpha value is -1.34. The molecule has 0 aromatic carbocycles. The van der Waals surface area contributed by atoms with Crippen molar-refractivity contribution in [2.75, 3.05) is 26.4 Å². The Morgan fingerprint density at radius 2 is 2.00 bits per heavy atom. The van der Waals surface area contributed by atoms with Crippen molar-refractivity contribution in [2.24, 2.45) is 5.92 Å². The number of carboxylic acids is 1. The number of hydrogen-bond donors (Lipinski definition) is 4. The van der Waals surface area contributed by atoms with Crippen molar-refractivity contribution in [2.45, 2.75) is 32.7 Å². The molecule has 7 heteroatoms. The van der Waals surface area contributed by atoms with Crippen LogP contribution in [0.1, 0.15) is 26.7 Å². The van der Waals surface area contributed by atoms with Crippen LogP contribution in [-0.2, 0) is 9.53 Å². The van der Waals surface area contributed by atoms with Gasteiger partial charge in [0.05, 0.1) is 0 Å². The molecule has 0 aliphatic heterocycles. The van der Waals surface area contributed by atoms with E-state index in [4.69, 9.17) is 14.9 Å². The van der Waals surface area contributed by atoms with E-state index in [0.29, 0.717) is 32.1 Å². The van der Waals surface area contributed by atoms with Gasteiger partial charge in [-0.3, -0.25) is 0 Å². The molecule has 0 rings (SSSR count). The van der Waals surface area contributed by atoms with Crippen LogP contribution in [0, 0.1) is 5.92 Å². The van der Waals surface area contributed by atoms with E-state index in [2.05, 4.69) is 24.5 Å². The summed E-state index contributed by atoms with van der Waals surface area (Å²) in [7, 11) is 0. The van der Waals surface area contributed by atoms with Crippen LogP contribution in [0.3, 0.4) is 0 Å². The average molecular weight is 276 g/mol. The summed E-state index contributed by atoms with van der Waals surface area (Å²) in [5.41, 5.74) is 0. The standard InChI is InChI=1S/C12H24N2O5/c1-9(2)8-19-7-3-5-13-12(18)14-10(4-6-15)11(16)17/h9-10,15H,3-8H2,1-2H3,(H,16,17)(H2,13,14,18)/t10-/m1/s1. The number of hydrogen-bond acceptors (Lipinski definition) is 4. The normalized spacial score (nSPS) is 12.2. The van der Waals surface area contributed by atoms with Crippen molar-refractivity contribution >= 4 is 12.0 Å². The van der Waals surface area contributed by atoms with Crippen molar-refractivity contribution < 1.29 is 24.5 Å². The molecule has 0 fully saturated rings.